The summed E-state index contributed by atoms with van der Waals surface area (Å²) in [5.41, 5.74) is 0. The van der Waals surface area contributed by atoms with Crippen molar-refractivity contribution in [2.24, 2.45) is 0 Å². The Morgan fingerprint density at radius 1 is 1.60 bits per heavy atom. The fraction of sp³-hybridized carbons (Fsp3) is 0.600. The summed E-state index contributed by atoms with van der Waals surface area (Å²) >= 11 is 2.81. The van der Waals surface area contributed by atoms with Crippen molar-refractivity contribution in [2.45, 2.75) is 13.3 Å². The van der Waals surface area contributed by atoms with Crippen LogP contribution in [0.1, 0.15) is 13.3 Å². The average Bonchev–Trinajstić information content (AvgIpc) is 1.85. The monoisotopic (exact) mass is 209 g/mol. The van der Waals surface area contributed by atoms with Gasteiger partial charge in [-0.1, -0.05) is 6.92 Å². The van der Waals surface area contributed by atoms with Crippen LogP contribution in [0, 0.1) is 0 Å². The molecule has 10 heavy (non-hydrogen) atoms. The number of halogens is 1. The molecule has 0 aromatic carbocycles. The van der Waals surface area contributed by atoms with Crippen molar-refractivity contribution in [1.82, 2.24) is 3.93 Å². The second kappa shape index (κ2) is 4.27. The molecule has 0 bridgehead atoms. The topological polar surface area (TPSA) is 57.6 Å². The molecule has 58 valence electrons. The molecular formula is C5H8BrNO3. The normalized spacial score (nSPS) is 9.00. The second-order valence-electron chi connectivity index (χ2n) is 1.66. The molecule has 0 atom stereocenters. The predicted octanol–water partition coefficient (Wildman–Crippen LogP) is 0.619. The van der Waals surface area contributed by atoms with Crippen molar-refractivity contribution in [3.8, 4) is 0 Å². The van der Waals surface area contributed by atoms with Gasteiger partial charge in [-0.15, -0.1) is 0 Å². The average molecular weight is 210 g/mol. The summed E-state index contributed by atoms with van der Waals surface area (Å²) in [4.78, 5) is 20.7. The van der Waals surface area contributed by atoms with Crippen molar-refractivity contribution < 1.29 is 14.7 Å². The number of hydrogen-bond acceptors (Lipinski definition) is 2. The molecule has 1 amide bonds. The lowest BCUT2D eigenvalue weighted by molar-refractivity contribution is -0.140. The van der Waals surface area contributed by atoms with Gasteiger partial charge in [-0.05, 0) is 0 Å². The molecule has 0 spiro atoms. The third-order valence-electron chi connectivity index (χ3n) is 0.847. The summed E-state index contributed by atoms with van der Waals surface area (Å²) in [6.45, 7) is 1.37. The molecule has 0 saturated heterocycles. The minimum atomic E-state index is -1.03. The van der Waals surface area contributed by atoms with Crippen LogP contribution in [0.3, 0.4) is 0 Å². The van der Waals surface area contributed by atoms with E-state index in [9.17, 15) is 9.59 Å². The van der Waals surface area contributed by atoms with E-state index in [1.807, 2.05) is 0 Å². The maximum Gasteiger partial charge on any atom is 0.324 e. The molecule has 0 unspecified atom stereocenters. The van der Waals surface area contributed by atoms with Gasteiger partial charge >= 0.3 is 5.97 Å². The number of carbonyl (C=O) groups excluding carboxylic acids is 1. The van der Waals surface area contributed by atoms with Crippen LogP contribution < -0.4 is 0 Å². The van der Waals surface area contributed by atoms with Crippen LogP contribution in [0.5, 0.6) is 0 Å². The first kappa shape index (κ1) is 9.42. The predicted molar refractivity (Wildman–Crippen MR) is 38.6 cm³/mol. The molecule has 5 heteroatoms. The molecule has 0 aromatic heterocycles. The van der Waals surface area contributed by atoms with E-state index in [2.05, 4.69) is 16.1 Å². The summed E-state index contributed by atoms with van der Waals surface area (Å²) in [6.07, 6.45) is 0.304. The van der Waals surface area contributed by atoms with E-state index in [1.165, 1.54) is 0 Å². The smallest absolute Gasteiger partial charge is 0.324 e. The highest BCUT2D eigenvalue weighted by atomic mass is 79.9. The van der Waals surface area contributed by atoms with Gasteiger partial charge < -0.3 is 5.11 Å². The van der Waals surface area contributed by atoms with Gasteiger partial charge in [-0.2, -0.15) is 0 Å². The lowest BCUT2D eigenvalue weighted by Crippen LogP contribution is -2.25. The van der Waals surface area contributed by atoms with E-state index in [0.29, 0.717) is 6.42 Å². The second-order valence-corrected chi connectivity index (χ2v) is 2.52. The number of carboxylic acid groups (broad SMARTS) is 1. The van der Waals surface area contributed by atoms with Gasteiger partial charge in [-0.25, -0.2) is 0 Å². The van der Waals surface area contributed by atoms with Crippen LogP contribution in [-0.2, 0) is 9.59 Å². The summed E-state index contributed by atoms with van der Waals surface area (Å²) in [6, 6.07) is 0. The summed E-state index contributed by atoms with van der Waals surface area (Å²) in [5.74, 6) is -1.26. The van der Waals surface area contributed by atoms with E-state index < -0.39 is 5.97 Å². The highest BCUT2D eigenvalue weighted by Crippen LogP contribution is 1.99. The standard InChI is InChI=1S/C5H8BrNO3/c1-2-4(8)7(6)3-5(9)10/h2-3H2,1H3,(H,9,10). The van der Waals surface area contributed by atoms with Crippen LogP contribution >= 0.6 is 16.1 Å². The Labute approximate surface area is 67.2 Å². The minimum absolute atomic E-state index is 0.234. The van der Waals surface area contributed by atoms with Crippen LogP contribution in [0.15, 0.2) is 0 Å². The number of aliphatic carboxylic acids is 1. The highest BCUT2D eigenvalue weighted by molar-refractivity contribution is 9.07. The number of amides is 1. The van der Waals surface area contributed by atoms with E-state index in [4.69, 9.17) is 5.11 Å². The first-order chi connectivity index (χ1) is 4.57. The molecule has 0 heterocycles. The zero-order valence-corrected chi connectivity index (χ0v) is 7.09. The molecule has 0 fully saturated rings. The molecule has 0 radical (unpaired) electrons. The number of nitrogens with zero attached hydrogens (tertiary/aromatic N) is 1. The molecule has 4 nitrogen and oxygen atoms in total. The third kappa shape index (κ3) is 3.45. The van der Waals surface area contributed by atoms with Gasteiger partial charge in [0.05, 0.1) is 16.1 Å². The largest absolute Gasteiger partial charge is 0.480 e. The van der Waals surface area contributed by atoms with Gasteiger partial charge in [0.15, 0.2) is 0 Å². The molecule has 0 aliphatic carbocycles. The molecule has 0 aliphatic rings. The molecule has 0 rings (SSSR count). The Bertz CT molecular complexity index is 148. The molecule has 1 N–H and O–H groups in total. The van der Waals surface area contributed by atoms with Gasteiger partial charge in [-0.3, -0.25) is 13.5 Å². The van der Waals surface area contributed by atoms with Crippen LogP contribution in [0.25, 0.3) is 0 Å². The first-order valence-corrected chi connectivity index (χ1v) is 3.46. The number of rotatable bonds is 3. The van der Waals surface area contributed by atoms with E-state index in [0.717, 1.165) is 3.93 Å². The Balaban J connectivity index is 3.72. The molecule has 0 aromatic rings. The Morgan fingerprint density at radius 2 is 2.10 bits per heavy atom. The SMILES string of the molecule is CCC(=O)N(Br)CC(=O)O. The fourth-order valence-electron chi connectivity index (χ4n) is 0.378. The molecule has 0 aliphatic heterocycles. The van der Waals surface area contributed by atoms with Gasteiger partial charge in [0.1, 0.15) is 6.54 Å². The fourth-order valence-corrected chi connectivity index (χ4v) is 0.844. The van der Waals surface area contributed by atoms with Crippen LogP contribution in [0.4, 0.5) is 0 Å². The maximum atomic E-state index is 10.7. The summed E-state index contributed by atoms with van der Waals surface area (Å²) in [7, 11) is 0. The van der Waals surface area contributed by atoms with Crippen molar-refractivity contribution in [2.75, 3.05) is 6.54 Å². The first-order valence-electron chi connectivity index (χ1n) is 2.75. The number of hydrogen-bond donors (Lipinski definition) is 1. The summed E-state index contributed by atoms with van der Waals surface area (Å²) in [5, 5.41) is 8.20. The van der Waals surface area contributed by atoms with Crippen molar-refractivity contribution in [3.63, 3.8) is 0 Å². The van der Waals surface area contributed by atoms with Gasteiger partial charge in [0.25, 0.3) is 0 Å². The molecular weight excluding hydrogens is 202 g/mol. The van der Waals surface area contributed by atoms with Gasteiger partial charge in [0, 0.05) is 6.42 Å². The van der Waals surface area contributed by atoms with Gasteiger partial charge in [0.2, 0.25) is 5.91 Å². The molecule has 0 saturated carbocycles. The number of carboxylic acids is 1. The Morgan fingerprint density at radius 3 is 2.40 bits per heavy atom. The number of carbonyl (C=O) groups is 2. The van der Waals surface area contributed by atoms with E-state index >= 15 is 0 Å². The van der Waals surface area contributed by atoms with Crippen molar-refractivity contribution in [1.29, 1.82) is 0 Å². The Kier molecular flexibility index (Phi) is 4.02. The zero-order valence-electron chi connectivity index (χ0n) is 5.50. The highest BCUT2D eigenvalue weighted by Gasteiger charge is 2.10. The summed E-state index contributed by atoms with van der Waals surface area (Å²) < 4.78 is 0.995. The van der Waals surface area contributed by atoms with Crippen molar-refractivity contribution in [3.05, 3.63) is 0 Å². The minimum Gasteiger partial charge on any atom is -0.480 e. The quantitative estimate of drug-likeness (QED) is 0.694. The van der Waals surface area contributed by atoms with E-state index in [1.54, 1.807) is 6.92 Å². The lowest BCUT2D eigenvalue weighted by atomic mass is 10.4. The zero-order chi connectivity index (χ0) is 8.15. The maximum absolute atomic E-state index is 10.7. The van der Waals surface area contributed by atoms with E-state index in [-0.39, 0.29) is 12.5 Å². The Hall–Kier alpha value is -0.580. The van der Waals surface area contributed by atoms with Crippen LogP contribution in [0.2, 0.25) is 0 Å². The van der Waals surface area contributed by atoms with Crippen molar-refractivity contribution >= 4 is 28.0 Å². The van der Waals surface area contributed by atoms with Crippen LogP contribution in [-0.4, -0.2) is 27.5 Å². The lowest BCUT2D eigenvalue weighted by Gasteiger charge is -2.08. The third-order valence-corrected chi connectivity index (χ3v) is 1.49.